The number of nitrogens with zero attached hydrogens (tertiary/aromatic N) is 4. The molecular formula is C19H14Cl2F3N5O. The van der Waals surface area contributed by atoms with Crippen molar-refractivity contribution in [3.05, 3.63) is 61.6 Å². The Hall–Kier alpha value is -2.70. The largest absolute Gasteiger partial charge is 0.423 e. The van der Waals surface area contributed by atoms with E-state index in [9.17, 15) is 23.2 Å². The molecule has 1 N–H and O–H groups in total. The first-order valence-corrected chi connectivity index (χ1v) is 9.77. The number of anilines is 1. The maximum absolute atomic E-state index is 13.0. The highest BCUT2D eigenvalue weighted by Gasteiger charge is 2.36. The van der Waals surface area contributed by atoms with Crippen LogP contribution in [0.3, 0.4) is 0 Å². The van der Waals surface area contributed by atoms with Crippen LogP contribution in [-0.2, 0) is 6.18 Å². The van der Waals surface area contributed by atoms with Gasteiger partial charge in [0.05, 0.1) is 16.4 Å². The molecule has 0 spiro atoms. The Morgan fingerprint density at radius 3 is 2.53 bits per heavy atom. The highest BCUT2D eigenvalue weighted by atomic mass is 35.5. The number of aromatic nitrogens is 3. The number of hydrogen-bond acceptors (Lipinski definition) is 4. The van der Waals surface area contributed by atoms with Gasteiger partial charge in [0.2, 0.25) is 0 Å². The fraction of sp³-hybridized carbons (Fsp3) is 0.316. The molecule has 1 aromatic carbocycles. The zero-order valence-corrected chi connectivity index (χ0v) is 16.8. The molecule has 0 bridgehead atoms. The molecule has 1 aliphatic heterocycles. The fourth-order valence-corrected chi connectivity index (χ4v) is 4.31. The van der Waals surface area contributed by atoms with Crippen molar-refractivity contribution in [2.75, 3.05) is 18.0 Å². The molecule has 0 saturated carbocycles. The van der Waals surface area contributed by atoms with E-state index < -0.39 is 17.3 Å². The molecule has 3 aromatic rings. The van der Waals surface area contributed by atoms with E-state index in [2.05, 4.69) is 15.0 Å². The Kier molecular flexibility index (Phi) is 5.16. The highest BCUT2D eigenvalue weighted by molar-refractivity contribution is 6.36. The minimum absolute atomic E-state index is 0.0869. The molecule has 0 amide bonds. The van der Waals surface area contributed by atoms with E-state index >= 15 is 0 Å². The van der Waals surface area contributed by atoms with Crippen molar-refractivity contribution in [3.8, 4) is 6.07 Å². The molecule has 1 fully saturated rings. The topological polar surface area (TPSA) is 77.2 Å². The average molecular weight is 456 g/mol. The number of benzene rings is 1. The van der Waals surface area contributed by atoms with Crippen molar-refractivity contribution < 1.29 is 13.2 Å². The number of fused-ring (bicyclic) bond motifs is 1. The first kappa shape index (κ1) is 20.6. The van der Waals surface area contributed by atoms with Crippen molar-refractivity contribution in [3.63, 3.8) is 0 Å². The predicted octanol–water partition coefficient (Wildman–Crippen LogP) is 4.60. The summed E-state index contributed by atoms with van der Waals surface area (Å²) in [5.41, 5.74) is -1.42. The van der Waals surface area contributed by atoms with Crippen LogP contribution in [-0.4, -0.2) is 27.7 Å². The number of alkyl halides is 3. The van der Waals surface area contributed by atoms with Crippen LogP contribution in [0.2, 0.25) is 10.0 Å². The second-order valence-corrected chi connectivity index (χ2v) is 7.85. The van der Waals surface area contributed by atoms with Gasteiger partial charge in [-0.25, -0.2) is 4.98 Å². The van der Waals surface area contributed by atoms with E-state index in [0.29, 0.717) is 52.4 Å². The van der Waals surface area contributed by atoms with Crippen molar-refractivity contribution >= 4 is 34.5 Å². The third-order valence-corrected chi connectivity index (χ3v) is 5.80. The summed E-state index contributed by atoms with van der Waals surface area (Å²) in [4.78, 5) is 18.1. The smallest absolute Gasteiger partial charge is 0.370 e. The Bertz CT molecular complexity index is 1220. The lowest BCUT2D eigenvalue weighted by Crippen LogP contribution is -2.33. The third-order valence-electron chi connectivity index (χ3n) is 5.26. The molecule has 0 unspecified atom stereocenters. The van der Waals surface area contributed by atoms with E-state index in [0.717, 1.165) is 5.69 Å². The van der Waals surface area contributed by atoms with E-state index in [1.165, 1.54) is 0 Å². The fourth-order valence-electron chi connectivity index (χ4n) is 3.78. The first-order valence-electron chi connectivity index (χ1n) is 9.01. The molecule has 156 valence electrons. The van der Waals surface area contributed by atoms with Crippen LogP contribution >= 0.6 is 23.2 Å². The van der Waals surface area contributed by atoms with Crippen molar-refractivity contribution in [2.24, 2.45) is 0 Å². The molecule has 6 nitrogen and oxygen atoms in total. The summed E-state index contributed by atoms with van der Waals surface area (Å²) in [7, 11) is 0. The van der Waals surface area contributed by atoms with Crippen LogP contribution < -0.4 is 10.5 Å². The quantitative estimate of drug-likeness (QED) is 0.612. The standard InChI is InChI=1S/C19H14Cl2F3N5O/c20-11-1-2-15(14(21)7-11)28-5-3-10(4-6-28)16-12(8-25)17-26-9-13(19(22,23)24)18(30)29(17)27-16/h1-2,7,9-10,27H,3-6H2. The summed E-state index contributed by atoms with van der Waals surface area (Å²) in [6.45, 7) is 1.23. The van der Waals surface area contributed by atoms with Crippen molar-refractivity contribution in [2.45, 2.75) is 24.9 Å². The number of H-pyrrole nitrogens is 1. The van der Waals surface area contributed by atoms with Gasteiger partial charge in [-0.1, -0.05) is 23.2 Å². The van der Waals surface area contributed by atoms with E-state index in [-0.39, 0.29) is 17.1 Å². The minimum Gasteiger partial charge on any atom is -0.370 e. The van der Waals surface area contributed by atoms with E-state index in [1.54, 1.807) is 12.1 Å². The zero-order chi connectivity index (χ0) is 21.6. The number of aromatic amines is 1. The summed E-state index contributed by atoms with van der Waals surface area (Å²) in [5, 5.41) is 13.3. The normalized spacial score (nSPS) is 15.5. The minimum atomic E-state index is -4.83. The van der Waals surface area contributed by atoms with Crippen LogP contribution in [0.4, 0.5) is 18.9 Å². The summed E-state index contributed by atoms with van der Waals surface area (Å²) in [6.07, 6.45) is -3.13. The third kappa shape index (κ3) is 3.50. The van der Waals surface area contributed by atoms with Gasteiger partial charge < -0.3 is 4.90 Å². The number of piperidine rings is 1. The van der Waals surface area contributed by atoms with Gasteiger partial charge in [-0.3, -0.25) is 9.89 Å². The molecule has 0 radical (unpaired) electrons. The molecular weight excluding hydrogens is 442 g/mol. The maximum atomic E-state index is 13.0. The Morgan fingerprint density at radius 1 is 1.23 bits per heavy atom. The Labute approximate surface area is 178 Å². The number of nitrogens with one attached hydrogen (secondary N) is 1. The molecule has 3 heterocycles. The summed E-state index contributed by atoms with van der Waals surface area (Å²) >= 11 is 12.2. The monoisotopic (exact) mass is 455 g/mol. The Balaban J connectivity index is 1.65. The molecule has 30 heavy (non-hydrogen) atoms. The summed E-state index contributed by atoms with van der Waals surface area (Å²) in [5.74, 6) is -0.141. The van der Waals surface area contributed by atoms with Crippen LogP contribution in [0.15, 0.2) is 29.2 Å². The molecule has 11 heteroatoms. The Morgan fingerprint density at radius 2 is 1.93 bits per heavy atom. The highest BCUT2D eigenvalue weighted by Crippen LogP contribution is 2.36. The van der Waals surface area contributed by atoms with Gasteiger partial charge in [0.15, 0.2) is 5.65 Å². The molecule has 2 aromatic heterocycles. The summed E-state index contributed by atoms with van der Waals surface area (Å²) in [6, 6.07) is 7.21. The molecule has 1 saturated heterocycles. The van der Waals surface area contributed by atoms with Gasteiger partial charge in [0, 0.05) is 30.2 Å². The lowest BCUT2D eigenvalue weighted by molar-refractivity contribution is -0.139. The van der Waals surface area contributed by atoms with Crippen LogP contribution in [0.25, 0.3) is 5.65 Å². The predicted molar refractivity (Wildman–Crippen MR) is 106 cm³/mol. The lowest BCUT2D eigenvalue weighted by Gasteiger charge is -2.33. The van der Waals surface area contributed by atoms with Crippen LogP contribution in [0, 0.1) is 11.3 Å². The van der Waals surface area contributed by atoms with Crippen molar-refractivity contribution in [1.29, 1.82) is 5.26 Å². The zero-order valence-electron chi connectivity index (χ0n) is 15.3. The second kappa shape index (κ2) is 7.52. The van der Waals surface area contributed by atoms with Gasteiger partial charge in [0.1, 0.15) is 17.2 Å². The number of hydrogen-bond donors (Lipinski definition) is 1. The van der Waals surface area contributed by atoms with Crippen molar-refractivity contribution in [1.82, 2.24) is 14.6 Å². The molecule has 0 aliphatic carbocycles. The van der Waals surface area contributed by atoms with E-state index in [1.807, 2.05) is 12.1 Å². The number of rotatable bonds is 2. The van der Waals surface area contributed by atoms with Crippen LogP contribution in [0.1, 0.15) is 35.6 Å². The molecule has 1 aliphatic rings. The van der Waals surface area contributed by atoms with Gasteiger partial charge in [-0.05, 0) is 31.0 Å². The second-order valence-electron chi connectivity index (χ2n) is 7.00. The number of nitriles is 1. The number of halogens is 5. The average Bonchev–Trinajstić information content (AvgIpc) is 3.07. The van der Waals surface area contributed by atoms with Crippen LogP contribution in [0.5, 0.6) is 0 Å². The van der Waals surface area contributed by atoms with Gasteiger partial charge in [0.25, 0.3) is 5.56 Å². The first-order chi connectivity index (χ1) is 14.2. The summed E-state index contributed by atoms with van der Waals surface area (Å²) < 4.78 is 39.8. The van der Waals surface area contributed by atoms with E-state index in [4.69, 9.17) is 23.2 Å². The lowest BCUT2D eigenvalue weighted by atomic mass is 9.91. The van der Waals surface area contributed by atoms with Gasteiger partial charge in [-0.15, -0.1) is 0 Å². The SMILES string of the molecule is N#Cc1c(C2CCN(c3ccc(Cl)cc3Cl)CC2)[nH]n2c(=O)c(C(F)(F)F)cnc12. The maximum Gasteiger partial charge on any atom is 0.423 e. The molecule has 4 rings (SSSR count). The van der Waals surface area contributed by atoms with Gasteiger partial charge in [-0.2, -0.15) is 22.9 Å². The molecule has 0 atom stereocenters. The van der Waals surface area contributed by atoms with Gasteiger partial charge >= 0.3 is 6.18 Å².